The lowest BCUT2D eigenvalue weighted by atomic mass is 9.29. The Morgan fingerprint density at radius 2 is 1.67 bits per heavy atom. The minimum absolute atomic E-state index is 0.00547. The summed E-state index contributed by atoms with van der Waals surface area (Å²) < 4.78 is 6.45. The number of ketones is 1. The summed E-state index contributed by atoms with van der Waals surface area (Å²) in [5.74, 6) is 2.23. The molecule has 5 saturated carbocycles. The van der Waals surface area contributed by atoms with Gasteiger partial charge in [0.2, 0.25) is 0 Å². The molecule has 10 heteroatoms. The van der Waals surface area contributed by atoms with Crippen LogP contribution in [0.2, 0.25) is 0 Å². The summed E-state index contributed by atoms with van der Waals surface area (Å²) in [7, 11) is 0. The SMILES string of the molecule is C#C[C@@]12CCC3(C)[C@H](CC[C@@H]4C5=C(C(C)C)C(=O)C[C@]5([C@@H](O)CNC(=O)c5ccc6nc(C)[nH]c6c5)CC[C@]43C)C1(C)CC[C@H](OC(=O)[C@H]1C[C@@H](C(=O)O)C1(C)C)C2(C)C. The molecule has 4 N–H and O–H groups in total. The molecule has 324 valence electrons. The Balaban J connectivity index is 1.06. The number of ether oxygens (including phenoxy) is 1. The van der Waals surface area contributed by atoms with Gasteiger partial charge in [-0.3, -0.25) is 19.2 Å². The van der Waals surface area contributed by atoms with Crippen LogP contribution in [0.5, 0.6) is 0 Å². The number of aliphatic hydroxyl groups is 1. The molecule has 11 atom stereocenters. The number of aromatic nitrogens is 2. The number of H-pyrrole nitrogens is 1. The molecule has 6 aliphatic rings. The second kappa shape index (κ2) is 13.8. The molecule has 2 aromatic rings. The summed E-state index contributed by atoms with van der Waals surface area (Å²) in [6, 6.07) is 5.36. The molecule has 0 spiro atoms. The number of esters is 1. The molecular formula is C50H67N3O7. The molecule has 0 aliphatic heterocycles. The highest BCUT2D eigenvalue weighted by atomic mass is 16.5. The number of nitrogens with one attached hydrogen (secondary N) is 2. The highest BCUT2D eigenvalue weighted by molar-refractivity contribution is 6.01. The molecule has 0 radical (unpaired) electrons. The van der Waals surface area contributed by atoms with Crippen molar-refractivity contribution < 1.29 is 34.1 Å². The predicted molar refractivity (Wildman–Crippen MR) is 229 cm³/mol. The van der Waals surface area contributed by atoms with Gasteiger partial charge in [0, 0.05) is 34.8 Å². The van der Waals surface area contributed by atoms with E-state index in [4.69, 9.17) is 11.2 Å². The van der Waals surface area contributed by atoms with E-state index in [1.165, 1.54) is 0 Å². The summed E-state index contributed by atoms with van der Waals surface area (Å²) in [4.78, 5) is 61.0. The van der Waals surface area contributed by atoms with Gasteiger partial charge < -0.3 is 25.3 Å². The fourth-order valence-corrected chi connectivity index (χ4v) is 15.3. The molecular weight excluding hydrogens is 755 g/mol. The zero-order valence-electron chi connectivity index (χ0n) is 37.5. The van der Waals surface area contributed by atoms with Crippen molar-refractivity contribution in [1.82, 2.24) is 15.3 Å². The van der Waals surface area contributed by atoms with E-state index < -0.39 is 45.6 Å². The van der Waals surface area contributed by atoms with E-state index >= 15 is 0 Å². The number of imidazole rings is 1. The van der Waals surface area contributed by atoms with Crippen LogP contribution in [0.25, 0.3) is 11.0 Å². The van der Waals surface area contributed by atoms with E-state index in [-0.39, 0.29) is 70.7 Å². The Hall–Kier alpha value is -3.97. The van der Waals surface area contributed by atoms with Crippen molar-refractivity contribution in [3.05, 3.63) is 40.7 Å². The summed E-state index contributed by atoms with van der Waals surface area (Å²) in [5, 5.41) is 25.1. The molecule has 0 bridgehead atoms. The van der Waals surface area contributed by atoms with E-state index in [0.717, 1.165) is 66.5 Å². The topological polar surface area (TPSA) is 159 Å². The normalized spacial score (nSPS) is 39.4. The number of allylic oxidation sites excluding steroid dienone is 1. The van der Waals surface area contributed by atoms with Gasteiger partial charge in [0.15, 0.2) is 5.78 Å². The number of Topliss-reactive ketones (excluding diaryl/α,β-unsaturated/α-hetero) is 1. The zero-order chi connectivity index (χ0) is 43.7. The molecule has 6 aliphatic carbocycles. The number of terminal acetylenes is 1. The van der Waals surface area contributed by atoms with Crippen molar-refractivity contribution in [2.24, 2.45) is 67.5 Å². The fourth-order valence-electron chi connectivity index (χ4n) is 15.3. The monoisotopic (exact) mass is 821 g/mol. The average molecular weight is 822 g/mol. The first-order valence-electron chi connectivity index (χ1n) is 22.6. The van der Waals surface area contributed by atoms with Gasteiger partial charge in [-0.05, 0) is 128 Å². The van der Waals surface area contributed by atoms with Gasteiger partial charge in [0.25, 0.3) is 5.91 Å². The lowest BCUT2D eigenvalue weighted by Gasteiger charge is -2.74. The summed E-state index contributed by atoms with van der Waals surface area (Å²) in [6.45, 7) is 21.6. The van der Waals surface area contributed by atoms with Crippen molar-refractivity contribution in [1.29, 1.82) is 0 Å². The Labute approximate surface area is 355 Å². The van der Waals surface area contributed by atoms with Crippen LogP contribution in [0.3, 0.4) is 0 Å². The van der Waals surface area contributed by atoms with Crippen molar-refractivity contribution in [2.45, 2.75) is 146 Å². The zero-order valence-corrected chi connectivity index (χ0v) is 37.5. The lowest BCUT2D eigenvalue weighted by Crippen LogP contribution is -2.70. The number of aromatic amines is 1. The van der Waals surface area contributed by atoms with Crippen LogP contribution in [-0.4, -0.2) is 62.6 Å². The lowest BCUT2D eigenvalue weighted by molar-refractivity contribution is -0.260. The van der Waals surface area contributed by atoms with Gasteiger partial charge in [-0.2, -0.15) is 0 Å². The smallest absolute Gasteiger partial charge is 0.309 e. The van der Waals surface area contributed by atoms with Gasteiger partial charge >= 0.3 is 11.9 Å². The third kappa shape index (κ3) is 5.51. The molecule has 1 heterocycles. The van der Waals surface area contributed by atoms with Crippen molar-refractivity contribution in [3.8, 4) is 12.3 Å². The standard InChI is InChI=1S/C50H67N3O7/c1-12-50-22-20-47(10)36(48(50,11)18-17-38(45(50,7)8)60-43(59)32-24-31(42(57)58)44(32,5)6)16-14-30-40-39(27(2)3)35(54)25-49(40,21-19-46(30,47)9)37(55)26-51-41(56)29-13-15-33-34(23-29)53-28(4)52-33/h1,13,15,23,27,30-32,36-38,55H,14,16-22,24-26H2,2-11H3,(H,51,56)(H,52,53)(H,57,58)/t30-,31+,32-,36+,37+,38+,46-,47?,48?,49+,50+/m1/s1. The maximum absolute atomic E-state index is 14.2. The predicted octanol–water partition coefficient (Wildman–Crippen LogP) is 8.60. The maximum atomic E-state index is 14.2. The molecule has 1 aromatic heterocycles. The minimum Gasteiger partial charge on any atom is -0.481 e. The number of hydrogen-bond donors (Lipinski definition) is 4. The second-order valence-electron chi connectivity index (χ2n) is 22.2. The fraction of sp³-hybridized carbons (Fsp3) is 0.700. The molecule has 1 aromatic carbocycles. The van der Waals surface area contributed by atoms with Crippen molar-refractivity contribution in [3.63, 3.8) is 0 Å². The van der Waals surface area contributed by atoms with Crippen LogP contribution in [0.1, 0.15) is 143 Å². The number of benzene rings is 1. The average Bonchev–Trinajstić information content (AvgIpc) is 3.70. The number of rotatable bonds is 8. The number of amides is 1. The first-order valence-corrected chi connectivity index (χ1v) is 22.6. The number of aryl methyl sites for hydroxylation is 1. The maximum Gasteiger partial charge on any atom is 0.309 e. The van der Waals surface area contributed by atoms with E-state index in [1.807, 2.05) is 26.8 Å². The van der Waals surface area contributed by atoms with Crippen molar-refractivity contribution >= 4 is 34.7 Å². The number of fused-ring (bicyclic) bond motifs is 8. The van der Waals surface area contributed by atoms with Crippen LogP contribution in [0.4, 0.5) is 0 Å². The number of carbonyl (C=O) groups excluding carboxylic acids is 3. The van der Waals surface area contributed by atoms with Crippen LogP contribution in [0.15, 0.2) is 29.3 Å². The van der Waals surface area contributed by atoms with Crippen LogP contribution < -0.4 is 5.32 Å². The number of carboxylic acids is 1. The molecule has 60 heavy (non-hydrogen) atoms. The Morgan fingerprint density at radius 3 is 2.32 bits per heavy atom. The number of aliphatic carboxylic acids is 1. The highest BCUT2D eigenvalue weighted by Crippen LogP contribution is 2.79. The highest BCUT2D eigenvalue weighted by Gasteiger charge is 2.75. The summed E-state index contributed by atoms with van der Waals surface area (Å²) >= 11 is 0. The third-order valence-corrected chi connectivity index (χ3v) is 19.1. The minimum atomic E-state index is -0.929. The first-order chi connectivity index (χ1) is 28.0. The number of nitrogens with zero attached hydrogens (tertiary/aromatic N) is 1. The van der Waals surface area contributed by atoms with Crippen LogP contribution in [0, 0.1) is 86.8 Å². The molecule has 2 unspecified atom stereocenters. The number of aliphatic hydroxyl groups excluding tert-OH is 1. The number of hydrogen-bond acceptors (Lipinski definition) is 7. The van der Waals surface area contributed by atoms with Gasteiger partial charge in [-0.15, -0.1) is 6.42 Å². The molecule has 0 saturated heterocycles. The van der Waals surface area contributed by atoms with Crippen LogP contribution in [-0.2, 0) is 19.1 Å². The summed E-state index contributed by atoms with van der Waals surface area (Å²) in [6.07, 6.45) is 12.5. The van der Waals surface area contributed by atoms with Gasteiger partial charge in [-0.1, -0.05) is 73.8 Å². The molecule has 8 rings (SSSR count). The number of carbonyl (C=O) groups is 4. The first kappa shape index (κ1) is 42.7. The number of carboxylic acid groups (broad SMARTS) is 1. The largest absolute Gasteiger partial charge is 0.481 e. The van der Waals surface area contributed by atoms with E-state index in [2.05, 4.69) is 69.7 Å². The van der Waals surface area contributed by atoms with Gasteiger partial charge in [0.1, 0.15) is 11.9 Å². The summed E-state index contributed by atoms with van der Waals surface area (Å²) in [5.41, 5.74) is 1.04. The van der Waals surface area contributed by atoms with E-state index in [9.17, 15) is 29.4 Å². The Kier molecular flexibility index (Phi) is 9.80. The van der Waals surface area contributed by atoms with Gasteiger partial charge in [0.05, 0.1) is 29.0 Å². The third-order valence-electron chi connectivity index (χ3n) is 19.1. The quantitative estimate of drug-likeness (QED) is 0.152. The van der Waals surface area contributed by atoms with E-state index in [0.29, 0.717) is 24.8 Å². The molecule has 10 nitrogen and oxygen atoms in total. The van der Waals surface area contributed by atoms with Gasteiger partial charge in [-0.25, -0.2) is 4.98 Å². The van der Waals surface area contributed by atoms with Crippen LogP contribution >= 0.6 is 0 Å². The Morgan fingerprint density at radius 1 is 0.967 bits per heavy atom. The Bertz CT molecular complexity index is 2240. The van der Waals surface area contributed by atoms with E-state index in [1.54, 1.807) is 12.1 Å². The molecule has 5 fully saturated rings. The second-order valence-corrected chi connectivity index (χ2v) is 22.2. The molecule has 1 amide bonds. The van der Waals surface area contributed by atoms with Crippen molar-refractivity contribution in [2.75, 3.05) is 6.54 Å².